The number of hydrogen-bond donors (Lipinski definition) is 1. The van der Waals surface area contributed by atoms with Crippen molar-refractivity contribution in [2.75, 3.05) is 26.2 Å². The van der Waals surface area contributed by atoms with Crippen molar-refractivity contribution in [2.24, 2.45) is 0 Å². The fraction of sp³-hybridized carbons (Fsp3) is 0.478. The number of benzene rings is 1. The third-order valence-electron chi connectivity index (χ3n) is 6.94. The summed E-state index contributed by atoms with van der Waals surface area (Å²) in [5, 5.41) is 11.7. The van der Waals surface area contributed by atoms with Gasteiger partial charge in [-0.15, -0.1) is 0 Å². The van der Waals surface area contributed by atoms with E-state index in [9.17, 15) is 4.79 Å². The van der Waals surface area contributed by atoms with Crippen LogP contribution in [0.3, 0.4) is 0 Å². The van der Waals surface area contributed by atoms with Crippen LogP contribution in [0.2, 0.25) is 0 Å². The Morgan fingerprint density at radius 3 is 2.48 bits per heavy atom. The minimum absolute atomic E-state index is 0.148. The highest BCUT2D eigenvalue weighted by Gasteiger charge is 2.37. The molecule has 1 atom stereocenters. The maximum Gasteiger partial charge on any atom is 0.320 e. The van der Waals surface area contributed by atoms with E-state index < -0.39 is 0 Å². The molecule has 2 amide bonds. The molecule has 2 saturated heterocycles. The molecule has 1 aliphatic carbocycles. The zero-order chi connectivity index (χ0) is 20.9. The number of aryl methyl sites for hydroxylation is 1. The number of rotatable bonds is 4. The first-order valence-electron chi connectivity index (χ1n) is 11.2. The molecule has 3 aliphatic rings. The number of carbonyl (C=O) groups excluding carboxylic acids is 1. The molecule has 6 rings (SSSR count). The molecular formula is C23H27N7O. The Morgan fingerprint density at radius 1 is 1.00 bits per heavy atom. The van der Waals surface area contributed by atoms with Crippen molar-refractivity contribution in [2.45, 2.75) is 43.9 Å². The molecule has 0 spiro atoms. The van der Waals surface area contributed by atoms with E-state index in [1.54, 1.807) is 0 Å². The molecule has 3 aromatic rings. The van der Waals surface area contributed by atoms with Crippen LogP contribution in [-0.2, 0) is 0 Å². The molecule has 160 valence electrons. The third-order valence-corrected chi connectivity index (χ3v) is 6.94. The zero-order valence-electron chi connectivity index (χ0n) is 17.7. The SMILES string of the molecule is Cc1cc(C2CC2)nn1-c1ccc(C2CN(C(=O)N3CC[C@H](c4ncn[nH]4)C3)C2)cc1. The van der Waals surface area contributed by atoms with Crippen molar-refractivity contribution in [3.8, 4) is 5.69 Å². The molecular weight excluding hydrogens is 390 g/mol. The third kappa shape index (κ3) is 3.40. The van der Waals surface area contributed by atoms with Gasteiger partial charge in [0.2, 0.25) is 0 Å². The number of nitrogens with one attached hydrogen (secondary N) is 1. The molecule has 0 unspecified atom stereocenters. The average molecular weight is 418 g/mol. The second-order valence-electron chi connectivity index (χ2n) is 9.18. The van der Waals surface area contributed by atoms with Crippen molar-refractivity contribution in [1.29, 1.82) is 0 Å². The van der Waals surface area contributed by atoms with Crippen molar-refractivity contribution in [3.05, 3.63) is 59.4 Å². The largest absolute Gasteiger partial charge is 0.324 e. The van der Waals surface area contributed by atoms with Crippen LogP contribution in [0.1, 0.15) is 59.8 Å². The van der Waals surface area contributed by atoms with Crippen LogP contribution in [0, 0.1) is 6.92 Å². The standard InChI is InChI=1S/C23H27N7O/c1-15-10-21(17-2-3-17)27-30(15)20-6-4-16(5-7-20)19-12-29(13-19)23(31)28-9-8-18(11-28)22-24-14-25-26-22/h4-7,10,14,17-19H,2-3,8-9,11-13H2,1H3,(H,24,25,26)/t18-/m0/s1. The number of aromatic nitrogens is 5. The number of H-pyrrole nitrogens is 1. The molecule has 1 aromatic carbocycles. The number of hydrogen-bond acceptors (Lipinski definition) is 4. The molecule has 2 aliphatic heterocycles. The normalized spacial score (nSPS) is 21.5. The van der Waals surface area contributed by atoms with E-state index in [1.807, 2.05) is 14.5 Å². The molecule has 8 nitrogen and oxygen atoms in total. The number of likely N-dealkylation sites (tertiary alicyclic amines) is 2. The van der Waals surface area contributed by atoms with E-state index in [-0.39, 0.29) is 11.9 Å². The van der Waals surface area contributed by atoms with Gasteiger partial charge in [-0.3, -0.25) is 5.10 Å². The Labute approximate surface area is 181 Å². The lowest BCUT2D eigenvalue weighted by molar-refractivity contribution is 0.121. The summed E-state index contributed by atoms with van der Waals surface area (Å²) < 4.78 is 2.05. The van der Waals surface area contributed by atoms with Crippen LogP contribution in [0.5, 0.6) is 0 Å². The van der Waals surface area contributed by atoms with Crippen LogP contribution < -0.4 is 0 Å². The predicted octanol–water partition coefficient (Wildman–Crippen LogP) is 3.18. The minimum Gasteiger partial charge on any atom is -0.324 e. The Balaban J connectivity index is 1.06. The maximum absolute atomic E-state index is 12.9. The molecule has 1 N–H and O–H groups in total. The predicted molar refractivity (Wildman–Crippen MR) is 115 cm³/mol. The van der Waals surface area contributed by atoms with Gasteiger partial charge < -0.3 is 9.80 Å². The highest BCUT2D eigenvalue weighted by Crippen LogP contribution is 2.39. The smallest absolute Gasteiger partial charge is 0.320 e. The molecule has 0 radical (unpaired) electrons. The summed E-state index contributed by atoms with van der Waals surface area (Å²) >= 11 is 0. The summed E-state index contributed by atoms with van der Waals surface area (Å²) in [5.41, 5.74) is 4.81. The Morgan fingerprint density at radius 2 is 1.77 bits per heavy atom. The zero-order valence-corrected chi connectivity index (χ0v) is 17.7. The van der Waals surface area contributed by atoms with Crippen molar-refractivity contribution < 1.29 is 4.79 Å². The van der Waals surface area contributed by atoms with Gasteiger partial charge in [0.1, 0.15) is 12.2 Å². The first-order valence-corrected chi connectivity index (χ1v) is 11.2. The van der Waals surface area contributed by atoms with Crippen LogP contribution in [0.25, 0.3) is 5.69 Å². The molecule has 4 heterocycles. The second-order valence-corrected chi connectivity index (χ2v) is 9.18. The highest BCUT2D eigenvalue weighted by molar-refractivity contribution is 5.76. The van der Waals surface area contributed by atoms with Crippen LogP contribution >= 0.6 is 0 Å². The van der Waals surface area contributed by atoms with E-state index in [2.05, 4.69) is 52.4 Å². The summed E-state index contributed by atoms with van der Waals surface area (Å²) in [6.45, 7) is 5.19. The molecule has 31 heavy (non-hydrogen) atoms. The highest BCUT2D eigenvalue weighted by atomic mass is 16.2. The van der Waals surface area contributed by atoms with E-state index in [1.165, 1.54) is 36.1 Å². The van der Waals surface area contributed by atoms with Crippen LogP contribution in [0.15, 0.2) is 36.7 Å². The summed E-state index contributed by atoms with van der Waals surface area (Å²) in [6.07, 6.45) is 5.01. The van der Waals surface area contributed by atoms with E-state index >= 15 is 0 Å². The van der Waals surface area contributed by atoms with Crippen molar-refractivity contribution >= 4 is 6.03 Å². The van der Waals surface area contributed by atoms with Gasteiger partial charge in [0.25, 0.3) is 0 Å². The number of urea groups is 1. The lowest BCUT2D eigenvalue weighted by Crippen LogP contribution is -2.53. The van der Waals surface area contributed by atoms with Gasteiger partial charge in [-0.2, -0.15) is 10.2 Å². The number of nitrogens with zero attached hydrogens (tertiary/aromatic N) is 6. The average Bonchev–Trinajstić information content (AvgIpc) is 3.14. The Bertz CT molecular complexity index is 1080. The fourth-order valence-corrected chi connectivity index (χ4v) is 4.84. The number of aromatic amines is 1. The Kier molecular flexibility index (Phi) is 4.33. The van der Waals surface area contributed by atoms with Gasteiger partial charge in [0.05, 0.1) is 11.4 Å². The van der Waals surface area contributed by atoms with E-state index in [0.717, 1.165) is 44.1 Å². The second kappa shape index (κ2) is 7.21. The minimum atomic E-state index is 0.148. The first-order chi connectivity index (χ1) is 15.2. The van der Waals surface area contributed by atoms with Gasteiger partial charge in [0.15, 0.2) is 0 Å². The summed E-state index contributed by atoms with van der Waals surface area (Å²) in [7, 11) is 0. The van der Waals surface area contributed by atoms with Crippen molar-refractivity contribution in [3.63, 3.8) is 0 Å². The Hall–Kier alpha value is -3.16. The molecule has 2 aromatic heterocycles. The van der Waals surface area contributed by atoms with Crippen molar-refractivity contribution in [1.82, 2.24) is 34.8 Å². The van der Waals surface area contributed by atoms with Gasteiger partial charge in [0, 0.05) is 49.6 Å². The van der Waals surface area contributed by atoms with Gasteiger partial charge in [-0.25, -0.2) is 14.5 Å². The fourth-order valence-electron chi connectivity index (χ4n) is 4.84. The molecule has 3 fully saturated rings. The number of amides is 2. The quantitative estimate of drug-likeness (QED) is 0.707. The van der Waals surface area contributed by atoms with Crippen LogP contribution in [-0.4, -0.2) is 67.0 Å². The number of carbonyl (C=O) groups is 1. The summed E-state index contributed by atoms with van der Waals surface area (Å²) in [5.74, 6) is 2.22. The maximum atomic E-state index is 12.9. The molecule has 0 bridgehead atoms. The lowest BCUT2D eigenvalue weighted by Gasteiger charge is -2.41. The summed E-state index contributed by atoms with van der Waals surface area (Å²) in [4.78, 5) is 21.0. The van der Waals surface area contributed by atoms with E-state index in [0.29, 0.717) is 11.8 Å². The lowest BCUT2D eigenvalue weighted by atomic mass is 9.91. The summed E-state index contributed by atoms with van der Waals surface area (Å²) in [6, 6.07) is 11.0. The molecule has 8 heteroatoms. The van der Waals surface area contributed by atoms with Gasteiger partial charge >= 0.3 is 6.03 Å². The molecule has 1 saturated carbocycles. The monoisotopic (exact) mass is 417 g/mol. The van der Waals surface area contributed by atoms with Crippen LogP contribution in [0.4, 0.5) is 4.79 Å². The topological polar surface area (TPSA) is 82.9 Å². The van der Waals surface area contributed by atoms with Gasteiger partial charge in [-0.05, 0) is 49.9 Å². The van der Waals surface area contributed by atoms with E-state index in [4.69, 9.17) is 5.10 Å². The van der Waals surface area contributed by atoms with Gasteiger partial charge in [-0.1, -0.05) is 12.1 Å². The first kappa shape index (κ1) is 18.6.